The van der Waals surface area contributed by atoms with E-state index in [0.717, 1.165) is 21.4 Å². The smallest absolute Gasteiger partial charge is 0.139 e. The molecule has 0 saturated carbocycles. The zero-order valence-corrected chi connectivity index (χ0v) is 9.86. The van der Waals surface area contributed by atoms with Crippen molar-refractivity contribution in [1.82, 2.24) is 4.98 Å². The molecule has 1 unspecified atom stereocenters. The standard InChI is InChI=1S/C11H11BrN2O/c1-7-6-14-4-2-8(7)10(13)11-9(12)3-5-15-11/h2-6,10H,13H2,1H3. The van der Waals surface area contributed by atoms with E-state index in [4.69, 9.17) is 10.2 Å². The highest BCUT2D eigenvalue weighted by Gasteiger charge is 2.16. The minimum absolute atomic E-state index is 0.252. The van der Waals surface area contributed by atoms with E-state index in [1.165, 1.54) is 0 Å². The molecule has 2 aromatic heterocycles. The third kappa shape index (κ3) is 1.96. The highest BCUT2D eigenvalue weighted by Crippen LogP contribution is 2.28. The average molecular weight is 267 g/mol. The quantitative estimate of drug-likeness (QED) is 0.910. The lowest BCUT2D eigenvalue weighted by Crippen LogP contribution is -2.13. The molecule has 0 aliphatic carbocycles. The van der Waals surface area contributed by atoms with Crippen LogP contribution in [0.1, 0.15) is 22.9 Å². The van der Waals surface area contributed by atoms with Crippen LogP contribution in [0.4, 0.5) is 0 Å². The number of hydrogen-bond donors (Lipinski definition) is 1. The van der Waals surface area contributed by atoms with Crippen molar-refractivity contribution >= 4 is 15.9 Å². The SMILES string of the molecule is Cc1cnccc1C(N)c1occc1Br. The second-order valence-electron chi connectivity index (χ2n) is 3.34. The van der Waals surface area contributed by atoms with Gasteiger partial charge in [0, 0.05) is 12.4 Å². The molecule has 0 spiro atoms. The summed E-state index contributed by atoms with van der Waals surface area (Å²) in [6.45, 7) is 1.99. The van der Waals surface area contributed by atoms with E-state index in [-0.39, 0.29) is 6.04 Å². The number of pyridine rings is 1. The van der Waals surface area contributed by atoms with Crippen LogP contribution in [0.3, 0.4) is 0 Å². The molecule has 2 aromatic rings. The Balaban J connectivity index is 2.41. The Hall–Kier alpha value is -1.13. The summed E-state index contributed by atoms with van der Waals surface area (Å²) in [4.78, 5) is 4.03. The number of halogens is 1. The van der Waals surface area contributed by atoms with Crippen LogP contribution in [0.15, 0.2) is 39.7 Å². The Labute approximate surface area is 96.4 Å². The molecule has 0 radical (unpaired) electrons. The van der Waals surface area contributed by atoms with Crippen molar-refractivity contribution in [1.29, 1.82) is 0 Å². The molecule has 4 heteroatoms. The Morgan fingerprint density at radius 1 is 1.47 bits per heavy atom. The number of aryl methyl sites for hydroxylation is 1. The molecule has 0 aromatic carbocycles. The van der Waals surface area contributed by atoms with Crippen molar-refractivity contribution in [3.8, 4) is 0 Å². The van der Waals surface area contributed by atoms with E-state index in [1.807, 2.05) is 19.1 Å². The lowest BCUT2D eigenvalue weighted by Gasteiger charge is -2.12. The van der Waals surface area contributed by atoms with Gasteiger partial charge in [0.05, 0.1) is 16.8 Å². The maximum Gasteiger partial charge on any atom is 0.139 e. The van der Waals surface area contributed by atoms with Gasteiger partial charge in [-0.15, -0.1) is 0 Å². The highest BCUT2D eigenvalue weighted by atomic mass is 79.9. The summed E-state index contributed by atoms with van der Waals surface area (Å²) in [5, 5.41) is 0. The first-order chi connectivity index (χ1) is 7.20. The highest BCUT2D eigenvalue weighted by molar-refractivity contribution is 9.10. The van der Waals surface area contributed by atoms with E-state index < -0.39 is 0 Å². The summed E-state index contributed by atoms with van der Waals surface area (Å²) < 4.78 is 6.24. The third-order valence-corrected chi connectivity index (χ3v) is 2.98. The minimum Gasteiger partial charge on any atom is -0.466 e. The largest absolute Gasteiger partial charge is 0.466 e. The van der Waals surface area contributed by atoms with Crippen molar-refractivity contribution in [2.45, 2.75) is 13.0 Å². The fourth-order valence-electron chi connectivity index (χ4n) is 1.50. The molecule has 0 aliphatic rings. The van der Waals surface area contributed by atoms with E-state index in [9.17, 15) is 0 Å². The number of rotatable bonds is 2. The van der Waals surface area contributed by atoms with E-state index in [1.54, 1.807) is 18.7 Å². The van der Waals surface area contributed by atoms with Gasteiger partial charge in [0.1, 0.15) is 5.76 Å². The van der Waals surface area contributed by atoms with E-state index >= 15 is 0 Å². The topological polar surface area (TPSA) is 52.0 Å². The lowest BCUT2D eigenvalue weighted by molar-refractivity contribution is 0.486. The molecule has 2 rings (SSSR count). The van der Waals surface area contributed by atoms with E-state index in [0.29, 0.717) is 0 Å². The molecule has 2 N–H and O–H groups in total. The zero-order chi connectivity index (χ0) is 10.8. The number of hydrogen-bond acceptors (Lipinski definition) is 3. The fraction of sp³-hybridized carbons (Fsp3) is 0.182. The average Bonchev–Trinajstić information content (AvgIpc) is 2.64. The van der Waals surface area contributed by atoms with Gasteiger partial charge in [-0.05, 0) is 46.1 Å². The summed E-state index contributed by atoms with van der Waals surface area (Å²) in [5.74, 6) is 0.740. The summed E-state index contributed by atoms with van der Waals surface area (Å²) >= 11 is 3.40. The molecule has 0 bridgehead atoms. The van der Waals surface area contributed by atoms with Crippen LogP contribution in [0.2, 0.25) is 0 Å². The monoisotopic (exact) mass is 266 g/mol. The zero-order valence-electron chi connectivity index (χ0n) is 8.27. The summed E-state index contributed by atoms with van der Waals surface area (Å²) in [5.41, 5.74) is 8.20. The van der Waals surface area contributed by atoms with Gasteiger partial charge in [0.25, 0.3) is 0 Å². The van der Waals surface area contributed by atoms with Crippen LogP contribution in [0, 0.1) is 6.92 Å². The van der Waals surface area contributed by atoms with Gasteiger partial charge in [0.15, 0.2) is 0 Å². The summed E-state index contributed by atoms with van der Waals surface area (Å²) in [6, 6.07) is 3.50. The predicted molar refractivity (Wildman–Crippen MR) is 61.4 cm³/mol. The maximum atomic E-state index is 6.11. The van der Waals surface area contributed by atoms with Crippen molar-refractivity contribution in [3.63, 3.8) is 0 Å². The second kappa shape index (κ2) is 4.16. The van der Waals surface area contributed by atoms with Gasteiger partial charge in [-0.25, -0.2) is 0 Å². The molecule has 0 saturated heterocycles. The van der Waals surface area contributed by atoms with Crippen LogP contribution in [0.25, 0.3) is 0 Å². The summed E-state index contributed by atoms with van der Waals surface area (Å²) in [7, 11) is 0. The van der Waals surface area contributed by atoms with Crippen LogP contribution < -0.4 is 5.73 Å². The summed E-state index contributed by atoms with van der Waals surface area (Å²) in [6.07, 6.45) is 5.15. The Morgan fingerprint density at radius 3 is 2.87 bits per heavy atom. The van der Waals surface area contributed by atoms with Gasteiger partial charge in [-0.2, -0.15) is 0 Å². The minimum atomic E-state index is -0.252. The Bertz CT molecular complexity index is 467. The Morgan fingerprint density at radius 2 is 2.27 bits per heavy atom. The van der Waals surface area contributed by atoms with Gasteiger partial charge in [-0.1, -0.05) is 0 Å². The van der Waals surface area contributed by atoms with Gasteiger partial charge < -0.3 is 10.2 Å². The van der Waals surface area contributed by atoms with Gasteiger partial charge in [0.2, 0.25) is 0 Å². The van der Waals surface area contributed by atoms with Crippen LogP contribution in [-0.2, 0) is 0 Å². The molecule has 78 valence electrons. The number of furan rings is 1. The first-order valence-electron chi connectivity index (χ1n) is 4.59. The number of aromatic nitrogens is 1. The van der Waals surface area contributed by atoms with Crippen molar-refractivity contribution in [3.05, 3.63) is 52.1 Å². The number of nitrogens with zero attached hydrogens (tertiary/aromatic N) is 1. The first-order valence-corrected chi connectivity index (χ1v) is 5.38. The molecule has 0 aliphatic heterocycles. The van der Waals surface area contributed by atoms with Gasteiger partial charge in [-0.3, -0.25) is 4.98 Å². The fourth-order valence-corrected chi connectivity index (χ4v) is 1.95. The molecule has 2 heterocycles. The first kappa shape index (κ1) is 10.4. The second-order valence-corrected chi connectivity index (χ2v) is 4.20. The van der Waals surface area contributed by atoms with Gasteiger partial charge >= 0.3 is 0 Å². The molecule has 1 atom stereocenters. The number of nitrogens with two attached hydrogens (primary N) is 1. The molecule has 3 nitrogen and oxygen atoms in total. The van der Waals surface area contributed by atoms with Crippen LogP contribution >= 0.6 is 15.9 Å². The van der Waals surface area contributed by atoms with Crippen molar-refractivity contribution in [2.75, 3.05) is 0 Å². The van der Waals surface area contributed by atoms with Crippen LogP contribution in [0.5, 0.6) is 0 Å². The molecular formula is C11H11BrN2O. The molecule has 0 amide bonds. The molecule has 0 fully saturated rings. The molecule has 15 heavy (non-hydrogen) atoms. The van der Waals surface area contributed by atoms with Crippen LogP contribution in [-0.4, -0.2) is 4.98 Å². The maximum absolute atomic E-state index is 6.11. The third-order valence-electron chi connectivity index (χ3n) is 2.33. The van der Waals surface area contributed by atoms with Crippen molar-refractivity contribution in [2.24, 2.45) is 5.73 Å². The van der Waals surface area contributed by atoms with E-state index in [2.05, 4.69) is 20.9 Å². The van der Waals surface area contributed by atoms with Crippen molar-refractivity contribution < 1.29 is 4.42 Å². The lowest BCUT2D eigenvalue weighted by atomic mass is 10.0. The normalized spacial score (nSPS) is 12.7. The molecular weight excluding hydrogens is 256 g/mol. The predicted octanol–water partition coefficient (Wildman–Crippen LogP) is 2.79. The Kier molecular flexibility index (Phi) is 2.88.